The monoisotopic (exact) mass is 194 g/mol. The molecule has 0 aromatic carbocycles. The van der Waals surface area contributed by atoms with Gasteiger partial charge in [0.05, 0.1) is 12.5 Å². The molecule has 1 aliphatic rings. The lowest BCUT2D eigenvalue weighted by Crippen LogP contribution is -2.19. The summed E-state index contributed by atoms with van der Waals surface area (Å²) in [5.41, 5.74) is -0.279. The topological polar surface area (TPSA) is 39.4 Å². The average Bonchev–Trinajstić information content (AvgIpc) is 2.84. The molecular weight excluding hydrogens is 180 g/mol. The second kappa shape index (κ2) is 3.15. The summed E-state index contributed by atoms with van der Waals surface area (Å²) in [6.45, 7) is 1.90. The predicted octanol–water partition coefficient (Wildman–Crippen LogP) is 2.08. The maximum Gasteiger partial charge on any atom is 0.312 e. The smallest absolute Gasteiger partial charge is 0.312 e. The van der Waals surface area contributed by atoms with Gasteiger partial charge in [-0.2, -0.15) is 0 Å². The Hall–Kier alpha value is -1.25. The van der Waals surface area contributed by atoms with Gasteiger partial charge in [0.15, 0.2) is 0 Å². The number of furan rings is 1. The number of methoxy groups -OCH3 is 1. The van der Waals surface area contributed by atoms with Crippen LogP contribution in [0.5, 0.6) is 0 Å². The number of carbonyl (C=O) groups is 1. The van der Waals surface area contributed by atoms with Crippen LogP contribution >= 0.6 is 0 Å². The average molecular weight is 194 g/mol. The molecule has 1 fully saturated rings. The minimum absolute atomic E-state index is 0.105. The quantitative estimate of drug-likeness (QED) is 0.691. The predicted molar refractivity (Wildman–Crippen MR) is 50.8 cm³/mol. The van der Waals surface area contributed by atoms with Gasteiger partial charge in [-0.1, -0.05) is 0 Å². The van der Waals surface area contributed by atoms with E-state index in [1.165, 1.54) is 7.11 Å². The van der Waals surface area contributed by atoms with Gasteiger partial charge in [-0.05, 0) is 31.9 Å². The Kier molecular flexibility index (Phi) is 2.10. The molecule has 0 unspecified atom stereocenters. The van der Waals surface area contributed by atoms with Crippen molar-refractivity contribution < 1.29 is 13.9 Å². The molecule has 1 saturated carbocycles. The Morgan fingerprint density at radius 1 is 1.57 bits per heavy atom. The number of rotatable bonds is 3. The minimum Gasteiger partial charge on any atom is -0.469 e. The zero-order valence-electron chi connectivity index (χ0n) is 8.50. The first-order valence-electron chi connectivity index (χ1n) is 4.80. The highest BCUT2D eigenvalue weighted by Crippen LogP contribution is 2.49. The lowest BCUT2D eigenvalue weighted by atomic mass is 10.0. The van der Waals surface area contributed by atoms with Crippen LogP contribution in [0.2, 0.25) is 0 Å². The van der Waals surface area contributed by atoms with Crippen molar-refractivity contribution in [2.45, 2.75) is 26.2 Å². The van der Waals surface area contributed by atoms with E-state index in [1.54, 1.807) is 0 Å². The van der Waals surface area contributed by atoms with E-state index in [1.807, 2.05) is 19.1 Å². The summed E-state index contributed by atoms with van der Waals surface area (Å²) >= 11 is 0. The molecule has 1 aromatic heterocycles. The van der Waals surface area contributed by atoms with Crippen LogP contribution in [0, 0.1) is 12.3 Å². The molecule has 0 spiro atoms. The zero-order chi connectivity index (χ0) is 10.2. The molecule has 0 aliphatic heterocycles. The number of aryl methyl sites for hydroxylation is 1. The van der Waals surface area contributed by atoms with Crippen molar-refractivity contribution in [3.63, 3.8) is 0 Å². The second-order valence-electron chi connectivity index (χ2n) is 3.96. The Morgan fingerprint density at radius 2 is 2.29 bits per heavy atom. The lowest BCUT2D eigenvalue weighted by molar-refractivity contribution is -0.147. The van der Waals surface area contributed by atoms with E-state index in [9.17, 15) is 4.79 Å². The van der Waals surface area contributed by atoms with Gasteiger partial charge in [0.2, 0.25) is 0 Å². The van der Waals surface area contributed by atoms with Gasteiger partial charge in [-0.15, -0.1) is 0 Å². The summed E-state index contributed by atoms with van der Waals surface area (Å²) in [5, 5.41) is 0. The summed E-state index contributed by atoms with van der Waals surface area (Å²) in [4.78, 5) is 11.4. The molecule has 0 atom stereocenters. The van der Waals surface area contributed by atoms with Crippen LogP contribution in [0.15, 0.2) is 16.5 Å². The summed E-state index contributed by atoms with van der Waals surface area (Å²) in [5.74, 6) is 1.66. The fraction of sp³-hybridized carbons (Fsp3) is 0.545. The fourth-order valence-corrected chi connectivity index (χ4v) is 1.73. The second-order valence-corrected chi connectivity index (χ2v) is 3.96. The Morgan fingerprint density at radius 3 is 2.71 bits per heavy atom. The Balaban J connectivity index is 2.07. The van der Waals surface area contributed by atoms with E-state index in [2.05, 4.69) is 0 Å². The summed E-state index contributed by atoms with van der Waals surface area (Å²) in [7, 11) is 1.44. The third-order valence-electron chi connectivity index (χ3n) is 2.78. The normalized spacial score (nSPS) is 17.9. The maximum atomic E-state index is 11.4. The molecule has 76 valence electrons. The van der Waals surface area contributed by atoms with Gasteiger partial charge >= 0.3 is 5.97 Å². The molecule has 1 aliphatic carbocycles. The third kappa shape index (κ3) is 1.54. The van der Waals surface area contributed by atoms with Crippen molar-refractivity contribution in [1.82, 2.24) is 0 Å². The summed E-state index contributed by atoms with van der Waals surface area (Å²) < 4.78 is 10.2. The molecular formula is C11H14O3. The van der Waals surface area contributed by atoms with E-state index in [0.717, 1.165) is 24.4 Å². The van der Waals surface area contributed by atoms with Crippen molar-refractivity contribution in [1.29, 1.82) is 0 Å². The van der Waals surface area contributed by atoms with Gasteiger partial charge < -0.3 is 9.15 Å². The molecule has 0 radical (unpaired) electrons. The molecule has 3 heteroatoms. The van der Waals surface area contributed by atoms with E-state index < -0.39 is 0 Å². The maximum absolute atomic E-state index is 11.4. The molecule has 0 N–H and O–H groups in total. The number of esters is 1. The van der Waals surface area contributed by atoms with Gasteiger partial charge in [-0.3, -0.25) is 4.79 Å². The largest absolute Gasteiger partial charge is 0.469 e. The van der Waals surface area contributed by atoms with Gasteiger partial charge in [-0.25, -0.2) is 0 Å². The highest BCUT2D eigenvalue weighted by molar-refractivity contribution is 5.80. The third-order valence-corrected chi connectivity index (χ3v) is 2.78. The van der Waals surface area contributed by atoms with Crippen LogP contribution in [0.25, 0.3) is 0 Å². The number of hydrogen-bond acceptors (Lipinski definition) is 3. The van der Waals surface area contributed by atoms with Crippen LogP contribution in [-0.4, -0.2) is 13.1 Å². The molecule has 3 nitrogen and oxygen atoms in total. The fourth-order valence-electron chi connectivity index (χ4n) is 1.73. The van der Waals surface area contributed by atoms with Crippen LogP contribution in [0.1, 0.15) is 24.4 Å². The van der Waals surface area contributed by atoms with Crippen molar-refractivity contribution in [3.05, 3.63) is 23.7 Å². The molecule has 1 heterocycles. The molecule has 0 saturated heterocycles. The summed E-state index contributed by atoms with van der Waals surface area (Å²) in [6, 6.07) is 3.85. The van der Waals surface area contributed by atoms with Crippen molar-refractivity contribution >= 4 is 5.97 Å². The highest BCUT2D eigenvalue weighted by atomic mass is 16.5. The van der Waals surface area contributed by atoms with Gasteiger partial charge in [0.1, 0.15) is 11.5 Å². The number of ether oxygens (including phenoxy) is 1. The zero-order valence-corrected chi connectivity index (χ0v) is 8.50. The first-order chi connectivity index (χ1) is 6.66. The molecule has 2 rings (SSSR count). The van der Waals surface area contributed by atoms with Crippen LogP contribution < -0.4 is 0 Å². The van der Waals surface area contributed by atoms with Crippen LogP contribution in [0.4, 0.5) is 0 Å². The molecule has 1 aromatic rings. The summed E-state index contributed by atoms with van der Waals surface area (Å²) in [6.07, 6.45) is 2.51. The Bertz CT molecular complexity index is 347. The minimum atomic E-state index is -0.279. The molecule has 14 heavy (non-hydrogen) atoms. The number of carbonyl (C=O) groups excluding carboxylic acids is 1. The first kappa shape index (κ1) is 9.31. The van der Waals surface area contributed by atoms with E-state index in [-0.39, 0.29) is 11.4 Å². The van der Waals surface area contributed by atoms with Gasteiger partial charge in [0, 0.05) is 6.42 Å². The van der Waals surface area contributed by atoms with Crippen molar-refractivity contribution in [3.8, 4) is 0 Å². The first-order valence-corrected chi connectivity index (χ1v) is 4.80. The van der Waals surface area contributed by atoms with Crippen LogP contribution in [0.3, 0.4) is 0 Å². The van der Waals surface area contributed by atoms with Crippen LogP contribution in [-0.2, 0) is 16.0 Å². The highest BCUT2D eigenvalue weighted by Gasteiger charge is 2.51. The number of hydrogen-bond donors (Lipinski definition) is 0. The van der Waals surface area contributed by atoms with Crippen molar-refractivity contribution in [2.24, 2.45) is 5.41 Å². The Labute approximate surface area is 83.0 Å². The van der Waals surface area contributed by atoms with E-state index >= 15 is 0 Å². The molecule has 0 bridgehead atoms. The van der Waals surface area contributed by atoms with Gasteiger partial charge in [0.25, 0.3) is 0 Å². The standard InChI is InChI=1S/C11H14O3/c1-8-3-4-9(14-8)7-11(5-6-11)10(12)13-2/h3-4H,5-7H2,1-2H3. The van der Waals surface area contributed by atoms with E-state index in [4.69, 9.17) is 9.15 Å². The lowest BCUT2D eigenvalue weighted by Gasteiger charge is -2.09. The molecule has 0 amide bonds. The SMILES string of the molecule is COC(=O)C1(Cc2ccc(C)o2)CC1. The van der Waals surface area contributed by atoms with E-state index in [0.29, 0.717) is 6.42 Å². The van der Waals surface area contributed by atoms with Crippen molar-refractivity contribution in [2.75, 3.05) is 7.11 Å².